The van der Waals surface area contributed by atoms with Gasteiger partial charge in [-0.25, -0.2) is 4.39 Å². The number of hydrogen-bond acceptors (Lipinski definition) is 3. The summed E-state index contributed by atoms with van der Waals surface area (Å²) in [5, 5.41) is 3.01. The summed E-state index contributed by atoms with van der Waals surface area (Å²) in [6.45, 7) is 0.455. The van der Waals surface area contributed by atoms with E-state index in [-0.39, 0.29) is 11.6 Å². The van der Waals surface area contributed by atoms with Crippen molar-refractivity contribution in [1.29, 1.82) is 0 Å². The molecule has 0 aliphatic rings. The summed E-state index contributed by atoms with van der Waals surface area (Å²) >= 11 is 0. The standard InChI is InChI=1S/C15H15FN2O/c16-12-4-2-6-14(10-12)18-8-7-15(19)11-3-1-5-13(17)9-11/h1-6,9-10,18H,7-8,17H2. The fourth-order valence-corrected chi connectivity index (χ4v) is 1.78. The molecule has 0 heterocycles. The maximum absolute atomic E-state index is 12.9. The molecule has 4 heteroatoms. The Balaban J connectivity index is 1.87. The van der Waals surface area contributed by atoms with E-state index in [1.165, 1.54) is 12.1 Å². The maximum atomic E-state index is 12.9. The van der Waals surface area contributed by atoms with Gasteiger partial charge in [0.15, 0.2) is 5.78 Å². The molecular weight excluding hydrogens is 243 g/mol. The van der Waals surface area contributed by atoms with E-state index in [9.17, 15) is 9.18 Å². The fourth-order valence-electron chi connectivity index (χ4n) is 1.78. The van der Waals surface area contributed by atoms with Gasteiger partial charge in [-0.2, -0.15) is 0 Å². The van der Waals surface area contributed by atoms with E-state index in [4.69, 9.17) is 5.73 Å². The molecule has 0 unspecified atom stereocenters. The van der Waals surface area contributed by atoms with Crippen LogP contribution in [0.15, 0.2) is 48.5 Å². The number of anilines is 2. The Labute approximate surface area is 111 Å². The van der Waals surface area contributed by atoms with Crippen LogP contribution in [0, 0.1) is 5.82 Å². The molecule has 0 aliphatic carbocycles. The van der Waals surface area contributed by atoms with E-state index in [2.05, 4.69) is 5.32 Å². The van der Waals surface area contributed by atoms with Gasteiger partial charge in [0.25, 0.3) is 0 Å². The summed E-state index contributed by atoms with van der Waals surface area (Å²) in [4.78, 5) is 11.9. The number of hydrogen-bond donors (Lipinski definition) is 2. The van der Waals surface area contributed by atoms with Crippen LogP contribution in [-0.2, 0) is 0 Å². The zero-order valence-electron chi connectivity index (χ0n) is 10.4. The van der Waals surface area contributed by atoms with Gasteiger partial charge in [0, 0.05) is 29.9 Å². The molecule has 0 fully saturated rings. The van der Waals surface area contributed by atoms with Crippen LogP contribution in [0.4, 0.5) is 15.8 Å². The van der Waals surface area contributed by atoms with E-state index >= 15 is 0 Å². The summed E-state index contributed by atoms with van der Waals surface area (Å²) in [5.74, 6) is -0.289. The highest BCUT2D eigenvalue weighted by Crippen LogP contribution is 2.11. The second kappa shape index (κ2) is 6.00. The Morgan fingerprint density at radius 3 is 2.68 bits per heavy atom. The molecule has 0 saturated carbocycles. The van der Waals surface area contributed by atoms with E-state index in [1.54, 1.807) is 36.4 Å². The molecule has 98 valence electrons. The summed E-state index contributed by atoms with van der Waals surface area (Å²) in [6.07, 6.45) is 0.333. The Morgan fingerprint density at radius 1 is 1.16 bits per heavy atom. The number of Topliss-reactive ketones (excluding diaryl/α,β-unsaturated/α-hetero) is 1. The molecule has 0 bridgehead atoms. The first kappa shape index (κ1) is 13.1. The zero-order chi connectivity index (χ0) is 13.7. The Bertz CT molecular complexity index is 584. The number of nitrogen functional groups attached to an aromatic ring is 1. The normalized spacial score (nSPS) is 10.2. The monoisotopic (exact) mass is 258 g/mol. The molecule has 19 heavy (non-hydrogen) atoms. The summed E-state index contributed by atoms with van der Waals surface area (Å²) in [7, 11) is 0. The molecule has 3 nitrogen and oxygen atoms in total. The van der Waals surface area contributed by atoms with Gasteiger partial charge in [0.1, 0.15) is 5.82 Å². The first-order valence-corrected chi connectivity index (χ1v) is 6.03. The molecule has 0 atom stereocenters. The van der Waals surface area contributed by atoms with Crippen molar-refractivity contribution in [3.63, 3.8) is 0 Å². The van der Waals surface area contributed by atoms with Crippen LogP contribution in [0.2, 0.25) is 0 Å². The molecule has 0 saturated heterocycles. The number of carbonyl (C=O) groups excluding carboxylic acids is 1. The summed E-state index contributed by atoms with van der Waals surface area (Å²) in [5.41, 5.74) is 7.46. The van der Waals surface area contributed by atoms with Gasteiger partial charge in [0.05, 0.1) is 0 Å². The molecule has 2 rings (SSSR count). The smallest absolute Gasteiger partial charge is 0.164 e. The number of carbonyl (C=O) groups is 1. The molecular formula is C15H15FN2O. The van der Waals surface area contributed by atoms with Gasteiger partial charge in [-0.3, -0.25) is 4.79 Å². The van der Waals surface area contributed by atoms with Crippen molar-refractivity contribution in [3.8, 4) is 0 Å². The topological polar surface area (TPSA) is 55.1 Å². The number of benzene rings is 2. The highest BCUT2D eigenvalue weighted by Gasteiger charge is 2.05. The van der Waals surface area contributed by atoms with Crippen LogP contribution < -0.4 is 11.1 Å². The van der Waals surface area contributed by atoms with Crippen molar-refractivity contribution < 1.29 is 9.18 Å². The highest BCUT2D eigenvalue weighted by molar-refractivity contribution is 5.97. The minimum Gasteiger partial charge on any atom is -0.399 e. The van der Waals surface area contributed by atoms with Crippen LogP contribution in [0.5, 0.6) is 0 Å². The lowest BCUT2D eigenvalue weighted by atomic mass is 10.1. The highest BCUT2D eigenvalue weighted by atomic mass is 19.1. The van der Waals surface area contributed by atoms with E-state index in [0.717, 1.165) is 0 Å². The zero-order valence-corrected chi connectivity index (χ0v) is 10.4. The predicted molar refractivity (Wildman–Crippen MR) is 74.7 cm³/mol. The molecule has 0 aliphatic heterocycles. The lowest BCUT2D eigenvalue weighted by molar-refractivity contribution is 0.0986. The lowest BCUT2D eigenvalue weighted by Crippen LogP contribution is -2.09. The van der Waals surface area contributed by atoms with Crippen LogP contribution in [0.1, 0.15) is 16.8 Å². The van der Waals surface area contributed by atoms with Gasteiger partial charge in [-0.15, -0.1) is 0 Å². The van der Waals surface area contributed by atoms with Gasteiger partial charge in [-0.1, -0.05) is 18.2 Å². The molecule has 2 aromatic carbocycles. The second-order valence-electron chi connectivity index (χ2n) is 4.24. The van der Waals surface area contributed by atoms with Gasteiger partial charge >= 0.3 is 0 Å². The number of nitrogens with one attached hydrogen (secondary N) is 1. The molecule has 0 amide bonds. The lowest BCUT2D eigenvalue weighted by Gasteiger charge is -2.06. The molecule has 0 radical (unpaired) electrons. The fraction of sp³-hybridized carbons (Fsp3) is 0.133. The molecule has 2 aromatic rings. The van der Waals surface area contributed by atoms with E-state index in [0.29, 0.717) is 29.9 Å². The average Bonchev–Trinajstić information content (AvgIpc) is 2.38. The Hall–Kier alpha value is -2.36. The Morgan fingerprint density at radius 2 is 1.95 bits per heavy atom. The number of nitrogens with two attached hydrogens (primary N) is 1. The van der Waals surface area contributed by atoms with Crippen LogP contribution in [-0.4, -0.2) is 12.3 Å². The van der Waals surface area contributed by atoms with Crippen molar-refractivity contribution in [1.82, 2.24) is 0 Å². The number of rotatable bonds is 5. The summed E-state index contributed by atoms with van der Waals surface area (Å²) in [6, 6.07) is 13.0. The van der Waals surface area contributed by atoms with Crippen LogP contribution in [0.25, 0.3) is 0 Å². The number of halogens is 1. The van der Waals surface area contributed by atoms with Crippen LogP contribution in [0.3, 0.4) is 0 Å². The molecule has 0 spiro atoms. The summed E-state index contributed by atoms with van der Waals surface area (Å²) < 4.78 is 12.9. The van der Waals surface area contributed by atoms with Gasteiger partial charge < -0.3 is 11.1 Å². The average molecular weight is 258 g/mol. The number of ketones is 1. The van der Waals surface area contributed by atoms with Crippen molar-refractivity contribution >= 4 is 17.2 Å². The first-order valence-electron chi connectivity index (χ1n) is 6.03. The molecule has 3 N–H and O–H groups in total. The third kappa shape index (κ3) is 3.81. The molecule has 0 aromatic heterocycles. The van der Waals surface area contributed by atoms with E-state index in [1.807, 2.05) is 0 Å². The second-order valence-corrected chi connectivity index (χ2v) is 4.24. The SMILES string of the molecule is Nc1cccc(C(=O)CCNc2cccc(F)c2)c1. The van der Waals surface area contributed by atoms with E-state index < -0.39 is 0 Å². The minimum atomic E-state index is -0.299. The quantitative estimate of drug-likeness (QED) is 0.640. The predicted octanol–water partition coefficient (Wildman–Crippen LogP) is 3.09. The van der Waals surface area contributed by atoms with Gasteiger partial charge in [0.2, 0.25) is 0 Å². The maximum Gasteiger partial charge on any atom is 0.164 e. The third-order valence-electron chi connectivity index (χ3n) is 2.71. The third-order valence-corrected chi connectivity index (χ3v) is 2.71. The van der Waals surface area contributed by atoms with Crippen LogP contribution >= 0.6 is 0 Å². The van der Waals surface area contributed by atoms with Crippen molar-refractivity contribution in [2.24, 2.45) is 0 Å². The Kier molecular flexibility index (Phi) is 4.13. The largest absolute Gasteiger partial charge is 0.399 e. The first-order chi connectivity index (χ1) is 9.15. The van der Waals surface area contributed by atoms with Crippen molar-refractivity contribution in [2.45, 2.75) is 6.42 Å². The van der Waals surface area contributed by atoms with Gasteiger partial charge in [-0.05, 0) is 30.3 Å². The minimum absolute atomic E-state index is 0.0104. The van der Waals surface area contributed by atoms with Crippen molar-refractivity contribution in [3.05, 3.63) is 59.9 Å². The van der Waals surface area contributed by atoms with Crippen molar-refractivity contribution in [2.75, 3.05) is 17.6 Å².